The molecule has 1 N–H and O–H groups in total. The van der Waals surface area contributed by atoms with Crippen molar-refractivity contribution in [2.24, 2.45) is 0 Å². The molecule has 0 aromatic carbocycles. The number of sulfone groups is 1. The second-order valence-electron chi connectivity index (χ2n) is 9.26. The summed E-state index contributed by atoms with van der Waals surface area (Å²) < 4.78 is 42.6. The Morgan fingerprint density at radius 1 is 1.38 bits per heavy atom. The lowest BCUT2D eigenvalue weighted by molar-refractivity contribution is 0.0687. The van der Waals surface area contributed by atoms with Crippen LogP contribution in [0.2, 0.25) is 0 Å². The summed E-state index contributed by atoms with van der Waals surface area (Å²) in [6.07, 6.45) is 9.61. The Labute approximate surface area is 200 Å². The molecule has 2 atom stereocenters. The van der Waals surface area contributed by atoms with Crippen molar-refractivity contribution in [3.05, 3.63) is 41.6 Å². The maximum atomic E-state index is 13.1. The molecule has 0 bridgehead atoms. The van der Waals surface area contributed by atoms with E-state index in [2.05, 4.69) is 16.8 Å². The average Bonchev–Trinajstić information content (AvgIpc) is 3.32. The third-order valence-electron chi connectivity index (χ3n) is 7.28. The molecular formula is C24H32N4O5S. The molecule has 3 aliphatic rings. The Morgan fingerprint density at radius 3 is 2.82 bits per heavy atom. The van der Waals surface area contributed by atoms with Gasteiger partial charge in [-0.2, -0.15) is 0 Å². The fourth-order valence-electron chi connectivity index (χ4n) is 5.06. The Morgan fingerprint density at radius 2 is 2.21 bits per heavy atom. The summed E-state index contributed by atoms with van der Waals surface area (Å²) in [5, 5.41) is 0. The minimum Gasteiger partial charge on any atom is -0.486 e. The molecule has 34 heavy (non-hydrogen) atoms. The monoisotopic (exact) mass is 488 g/mol. The Kier molecular flexibility index (Phi) is 6.16. The summed E-state index contributed by atoms with van der Waals surface area (Å²) in [5.74, 6) is 1.63. The number of aromatic nitrogens is 3. The molecular weight excluding hydrogens is 456 g/mol. The van der Waals surface area contributed by atoms with Crippen LogP contribution in [0.3, 0.4) is 0 Å². The van der Waals surface area contributed by atoms with Gasteiger partial charge in [0, 0.05) is 43.4 Å². The summed E-state index contributed by atoms with van der Waals surface area (Å²) >= 11 is 0. The van der Waals surface area contributed by atoms with Crippen LogP contribution in [0.15, 0.2) is 24.5 Å². The van der Waals surface area contributed by atoms with E-state index >= 15 is 0 Å². The van der Waals surface area contributed by atoms with E-state index in [4.69, 9.17) is 24.2 Å². The highest BCUT2D eigenvalue weighted by Gasteiger charge is 2.53. The number of ether oxygens (including phenoxy) is 3. The molecule has 2 aromatic rings. The van der Waals surface area contributed by atoms with Crippen LogP contribution in [-0.4, -0.2) is 75.2 Å². The van der Waals surface area contributed by atoms with Crippen molar-refractivity contribution in [3.8, 4) is 5.75 Å². The highest BCUT2D eigenvalue weighted by molar-refractivity contribution is 7.91. The van der Waals surface area contributed by atoms with Crippen LogP contribution in [0.25, 0.3) is 5.57 Å². The van der Waals surface area contributed by atoms with E-state index in [-0.39, 0.29) is 12.1 Å². The highest BCUT2D eigenvalue weighted by atomic mass is 32.2. The number of hydrogen-bond acceptors (Lipinski definition) is 8. The molecule has 1 unspecified atom stereocenters. The Bertz CT molecular complexity index is 1170. The standard InChI is InChI=1S/C24H32N4O5S/c1-4-18(31-2)12-19(16-6-9-25-13-16)22-26-21(24(7-5-8-24)34(3,29)30)20-23(27-22)28-10-11-32-14-17(28)15-33-20/h6,9,12-13,17-18,25H,4-5,7-8,10-11,14-15H2,1-3H3/b19-12+/t17-,18?/m0/s1. The van der Waals surface area contributed by atoms with Gasteiger partial charge in [-0.15, -0.1) is 0 Å². The molecule has 0 amide bonds. The van der Waals surface area contributed by atoms with Gasteiger partial charge in [0.05, 0.1) is 25.4 Å². The molecule has 2 fully saturated rings. The second kappa shape index (κ2) is 8.98. The van der Waals surface area contributed by atoms with Crippen molar-refractivity contribution >= 4 is 21.2 Å². The van der Waals surface area contributed by atoms with Gasteiger partial charge in [0.25, 0.3) is 0 Å². The van der Waals surface area contributed by atoms with Gasteiger partial charge in [-0.3, -0.25) is 0 Å². The number of nitrogens with one attached hydrogen (secondary N) is 1. The van der Waals surface area contributed by atoms with Gasteiger partial charge in [-0.1, -0.05) is 6.92 Å². The Balaban J connectivity index is 1.75. The number of methoxy groups -OCH3 is 1. The average molecular weight is 489 g/mol. The van der Waals surface area contributed by atoms with Crippen LogP contribution in [0, 0.1) is 0 Å². The lowest BCUT2D eigenvalue weighted by Gasteiger charge is -2.44. The van der Waals surface area contributed by atoms with Crippen LogP contribution in [-0.2, 0) is 24.1 Å². The number of anilines is 1. The summed E-state index contributed by atoms with van der Waals surface area (Å²) in [6, 6.07) is 2.00. The number of fused-ring (bicyclic) bond motifs is 3. The van der Waals surface area contributed by atoms with Crippen molar-refractivity contribution in [2.75, 3.05) is 44.6 Å². The molecule has 2 aliphatic heterocycles. The molecule has 4 heterocycles. The van der Waals surface area contributed by atoms with Crippen LogP contribution >= 0.6 is 0 Å². The zero-order chi connectivity index (χ0) is 23.9. The van der Waals surface area contributed by atoms with Gasteiger partial charge in [0.1, 0.15) is 17.0 Å². The van der Waals surface area contributed by atoms with Crippen molar-refractivity contribution < 1.29 is 22.6 Å². The maximum absolute atomic E-state index is 13.1. The molecule has 0 radical (unpaired) electrons. The van der Waals surface area contributed by atoms with Gasteiger partial charge in [-0.05, 0) is 37.8 Å². The lowest BCUT2D eigenvalue weighted by Crippen LogP contribution is -2.52. The molecule has 0 spiro atoms. The van der Waals surface area contributed by atoms with Gasteiger partial charge in [-0.25, -0.2) is 18.4 Å². The van der Waals surface area contributed by atoms with Gasteiger partial charge >= 0.3 is 0 Å². The Hall–Kier alpha value is -2.43. The summed E-state index contributed by atoms with van der Waals surface area (Å²) in [6.45, 7) is 4.28. The first kappa shape index (κ1) is 23.3. The summed E-state index contributed by atoms with van der Waals surface area (Å²) in [4.78, 5) is 15.2. The summed E-state index contributed by atoms with van der Waals surface area (Å²) in [5.41, 5.74) is 2.20. The van der Waals surface area contributed by atoms with E-state index in [1.807, 2.05) is 24.5 Å². The molecule has 184 valence electrons. The topological polar surface area (TPSA) is 107 Å². The van der Waals surface area contributed by atoms with Crippen LogP contribution < -0.4 is 9.64 Å². The predicted octanol–water partition coefficient (Wildman–Crippen LogP) is 2.68. The van der Waals surface area contributed by atoms with Crippen LogP contribution in [0.5, 0.6) is 5.75 Å². The van der Waals surface area contributed by atoms with Gasteiger partial charge in [0.2, 0.25) is 0 Å². The highest BCUT2D eigenvalue weighted by Crippen LogP contribution is 2.53. The predicted molar refractivity (Wildman–Crippen MR) is 129 cm³/mol. The molecule has 9 nitrogen and oxygen atoms in total. The number of nitrogens with zero attached hydrogens (tertiary/aromatic N) is 3. The first-order chi connectivity index (χ1) is 16.4. The zero-order valence-corrected chi connectivity index (χ0v) is 20.7. The number of H-pyrrole nitrogens is 1. The molecule has 1 saturated carbocycles. The van der Waals surface area contributed by atoms with E-state index in [0.29, 0.717) is 62.3 Å². The molecule has 1 saturated heterocycles. The number of aromatic amines is 1. The normalized spacial score (nSPS) is 22.9. The fraction of sp³-hybridized carbons (Fsp3) is 0.583. The van der Waals surface area contributed by atoms with Crippen molar-refractivity contribution in [2.45, 2.75) is 49.5 Å². The largest absolute Gasteiger partial charge is 0.486 e. The number of morpholine rings is 1. The first-order valence-corrected chi connectivity index (χ1v) is 13.7. The SMILES string of the molecule is CCC(/C=C(\c1cc[nH]c1)c1nc2c(c(C3(S(C)(=O)=O)CCC3)n1)OC[C@@H]1COCCN21)OC. The first-order valence-electron chi connectivity index (χ1n) is 11.9. The van der Waals surface area contributed by atoms with E-state index < -0.39 is 14.6 Å². The molecule has 10 heteroatoms. The van der Waals surface area contributed by atoms with E-state index in [1.54, 1.807) is 7.11 Å². The van der Waals surface area contributed by atoms with Crippen LogP contribution in [0.1, 0.15) is 49.7 Å². The third kappa shape index (κ3) is 3.81. The molecule has 5 rings (SSSR count). The van der Waals surface area contributed by atoms with Crippen LogP contribution in [0.4, 0.5) is 5.82 Å². The maximum Gasteiger partial charge on any atom is 0.185 e. The van der Waals surface area contributed by atoms with Gasteiger partial charge in [0.15, 0.2) is 27.2 Å². The molecule has 2 aromatic heterocycles. The fourth-order valence-corrected chi connectivity index (χ4v) is 6.58. The lowest BCUT2D eigenvalue weighted by atomic mass is 9.80. The summed E-state index contributed by atoms with van der Waals surface area (Å²) in [7, 11) is -1.76. The number of rotatable bonds is 7. The quantitative estimate of drug-likeness (QED) is 0.634. The van der Waals surface area contributed by atoms with E-state index in [9.17, 15) is 8.42 Å². The second-order valence-corrected chi connectivity index (χ2v) is 11.6. The third-order valence-corrected chi connectivity index (χ3v) is 9.30. The van der Waals surface area contributed by atoms with Crippen molar-refractivity contribution in [1.82, 2.24) is 15.0 Å². The molecule has 1 aliphatic carbocycles. The zero-order valence-electron chi connectivity index (χ0n) is 19.9. The minimum atomic E-state index is -3.44. The van der Waals surface area contributed by atoms with Crippen molar-refractivity contribution in [3.63, 3.8) is 0 Å². The number of hydrogen-bond donors (Lipinski definition) is 1. The van der Waals surface area contributed by atoms with Crippen molar-refractivity contribution in [1.29, 1.82) is 0 Å². The van der Waals surface area contributed by atoms with Gasteiger partial charge < -0.3 is 24.1 Å². The van der Waals surface area contributed by atoms with E-state index in [0.717, 1.165) is 24.0 Å². The smallest absolute Gasteiger partial charge is 0.185 e. The van der Waals surface area contributed by atoms with E-state index in [1.165, 1.54) is 6.26 Å². The minimum absolute atomic E-state index is 0.0366.